The van der Waals surface area contributed by atoms with E-state index in [-0.39, 0.29) is 11.3 Å². The van der Waals surface area contributed by atoms with Crippen LogP contribution in [0.5, 0.6) is 0 Å². The second kappa shape index (κ2) is 7.54. The number of carbonyl (C=O) groups excluding carboxylic acids is 1. The van der Waals surface area contributed by atoms with Crippen LogP contribution >= 0.6 is 11.6 Å². The predicted molar refractivity (Wildman–Crippen MR) is 81.6 cm³/mol. The molecule has 0 aromatic heterocycles. The standard InChI is InChI=1S/C16H24ClNO/c1-13-5-7-14(8-6-13)11-15(19)18-12-16(2,3)9-4-10-17/h5-8H,4,9-12H2,1-3H3,(H,18,19). The molecule has 0 saturated heterocycles. The van der Waals surface area contributed by atoms with Gasteiger partial charge in [0, 0.05) is 12.4 Å². The number of aryl methyl sites for hydroxylation is 1. The van der Waals surface area contributed by atoms with Gasteiger partial charge in [-0.2, -0.15) is 0 Å². The topological polar surface area (TPSA) is 29.1 Å². The van der Waals surface area contributed by atoms with Crippen LogP contribution in [-0.2, 0) is 11.2 Å². The number of alkyl halides is 1. The van der Waals surface area contributed by atoms with Crippen LogP contribution in [0.2, 0.25) is 0 Å². The number of hydrogen-bond donors (Lipinski definition) is 1. The molecule has 1 rings (SSSR count). The lowest BCUT2D eigenvalue weighted by Crippen LogP contribution is -2.34. The zero-order valence-electron chi connectivity index (χ0n) is 12.1. The highest BCUT2D eigenvalue weighted by atomic mass is 35.5. The van der Waals surface area contributed by atoms with Gasteiger partial charge in [0.1, 0.15) is 0 Å². The Hall–Kier alpha value is -1.02. The van der Waals surface area contributed by atoms with Gasteiger partial charge < -0.3 is 5.32 Å². The van der Waals surface area contributed by atoms with Crippen molar-refractivity contribution in [2.24, 2.45) is 5.41 Å². The van der Waals surface area contributed by atoms with Crippen LogP contribution in [0.3, 0.4) is 0 Å². The van der Waals surface area contributed by atoms with Gasteiger partial charge in [-0.1, -0.05) is 43.7 Å². The summed E-state index contributed by atoms with van der Waals surface area (Å²) in [6.07, 6.45) is 2.47. The lowest BCUT2D eigenvalue weighted by molar-refractivity contribution is -0.120. The molecule has 0 radical (unpaired) electrons. The number of nitrogens with one attached hydrogen (secondary N) is 1. The number of carbonyl (C=O) groups is 1. The van der Waals surface area contributed by atoms with Crippen molar-refractivity contribution < 1.29 is 4.79 Å². The monoisotopic (exact) mass is 281 g/mol. The Morgan fingerprint density at radius 1 is 1.26 bits per heavy atom. The van der Waals surface area contributed by atoms with Crippen molar-refractivity contribution in [3.05, 3.63) is 35.4 Å². The lowest BCUT2D eigenvalue weighted by Gasteiger charge is -2.24. The number of halogens is 1. The molecular formula is C16H24ClNO. The van der Waals surface area contributed by atoms with Gasteiger partial charge in [0.05, 0.1) is 6.42 Å². The Balaban J connectivity index is 2.37. The van der Waals surface area contributed by atoms with Gasteiger partial charge in [-0.15, -0.1) is 11.6 Å². The molecule has 1 aromatic rings. The fraction of sp³-hybridized carbons (Fsp3) is 0.562. The third-order valence-electron chi connectivity index (χ3n) is 3.24. The first-order chi connectivity index (χ1) is 8.93. The lowest BCUT2D eigenvalue weighted by atomic mass is 9.88. The minimum atomic E-state index is 0.0859. The Labute approximate surface area is 121 Å². The van der Waals surface area contributed by atoms with Crippen molar-refractivity contribution in [2.75, 3.05) is 12.4 Å². The normalized spacial score (nSPS) is 11.4. The molecule has 1 N–H and O–H groups in total. The molecule has 3 heteroatoms. The van der Waals surface area contributed by atoms with Crippen molar-refractivity contribution in [2.45, 2.75) is 40.0 Å². The molecule has 0 saturated carbocycles. The van der Waals surface area contributed by atoms with Crippen LogP contribution in [0.4, 0.5) is 0 Å². The van der Waals surface area contributed by atoms with Gasteiger partial charge in [-0.3, -0.25) is 4.79 Å². The minimum Gasteiger partial charge on any atom is -0.355 e. The van der Waals surface area contributed by atoms with Gasteiger partial charge in [-0.05, 0) is 30.7 Å². The molecule has 1 aromatic carbocycles. The fourth-order valence-corrected chi connectivity index (χ4v) is 2.06. The summed E-state index contributed by atoms with van der Waals surface area (Å²) in [7, 11) is 0. The Morgan fingerprint density at radius 2 is 1.89 bits per heavy atom. The highest BCUT2D eigenvalue weighted by Crippen LogP contribution is 2.21. The number of benzene rings is 1. The highest BCUT2D eigenvalue weighted by molar-refractivity contribution is 6.17. The highest BCUT2D eigenvalue weighted by Gasteiger charge is 2.18. The van der Waals surface area contributed by atoms with Crippen LogP contribution in [0.25, 0.3) is 0 Å². The van der Waals surface area contributed by atoms with E-state index in [1.54, 1.807) is 0 Å². The van der Waals surface area contributed by atoms with Crippen molar-refractivity contribution in [1.29, 1.82) is 0 Å². The van der Waals surface area contributed by atoms with Crippen molar-refractivity contribution in [3.8, 4) is 0 Å². The predicted octanol–water partition coefficient (Wildman–Crippen LogP) is 3.70. The smallest absolute Gasteiger partial charge is 0.224 e. The molecule has 0 spiro atoms. The maximum atomic E-state index is 11.9. The molecule has 0 bridgehead atoms. The fourth-order valence-electron chi connectivity index (χ4n) is 1.93. The van der Waals surface area contributed by atoms with E-state index in [1.165, 1.54) is 5.56 Å². The molecule has 0 aliphatic rings. The number of rotatable bonds is 7. The van der Waals surface area contributed by atoms with Gasteiger partial charge in [0.2, 0.25) is 5.91 Å². The SMILES string of the molecule is Cc1ccc(CC(=O)NCC(C)(C)CCCCl)cc1. The van der Waals surface area contributed by atoms with Crippen molar-refractivity contribution in [3.63, 3.8) is 0 Å². The Morgan fingerprint density at radius 3 is 2.47 bits per heavy atom. The van der Waals surface area contributed by atoms with E-state index >= 15 is 0 Å². The summed E-state index contributed by atoms with van der Waals surface area (Å²) in [6.45, 7) is 7.06. The third kappa shape index (κ3) is 6.63. The van der Waals surface area contributed by atoms with Gasteiger partial charge in [0.15, 0.2) is 0 Å². The third-order valence-corrected chi connectivity index (χ3v) is 3.50. The summed E-state index contributed by atoms with van der Waals surface area (Å²) in [5, 5.41) is 3.01. The molecule has 0 aliphatic carbocycles. The Bertz CT molecular complexity index is 398. The van der Waals surface area contributed by atoms with Crippen molar-refractivity contribution >= 4 is 17.5 Å². The van der Waals surface area contributed by atoms with Crippen LogP contribution in [-0.4, -0.2) is 18.3 Å². The average molecular weight is 282 g/mol. The van der Waals surface area contributed by atoms with Gasteiger partial charge >= 0.3 is 0 Å². The first-order valence-corrected chi connectivity index (χ1v) is 7.35. The molecule has 2 nitrogen and oxygen atoms in total. The first-order valence-electron chi connectivity index (χ1n) is 6.81. The van der Waals surface area contributed by atoms with E-state index in [2.05, 4.69) is 19.2 Å². The first kappa shape index (κ1) is 16.0. The molecule has 0 fully saturated rings. The van der Waals surface area contributed by atoms with Crippen molar-refractivity contribution in [1.82, 2.24) is 5.32 Å². The summed E-state index contributed by atoms with van der Waals surface area (Å²) >= 11 is 5.70. The minimum absolute atomic E-state index is 0.0859. The molecule has 0 atom stereocenters. The Kier molecular flexibility index (Phi) is 6.36. The molecule has 1 amide bonds. The summed E-state index contributed by atoms with van der Waals surface area (Å²) < 4.78 is 0. The van der Waals surface area contributed by atoms with Crippen LogP contribution in [0.15, 0.2) is 24.3 Å². The number of amides is 1. The zero-order chi connectivity index (χ0) is 14.3. The van der Waals surface area contributed by atoms with E-state index in [0.717, 1.165) is 18.4 Å². The van der Waals surface area contributed by atoms with Crippen LogP contribution < -0.4 is 5.32 Å². The van der Waals surface area contributed by atoms with Gasteiger partial charge in [-0.25, -0.2) is 0 Å². The van der Waals surface area contributed by atoms with E-state index in [0.29, 0.717) is 18.8 Å². The van der Waals surface area contributed by atoms with E-state index in [9.17, 15) is 4.79 Å². The summed E-state index contributed by atoms with van der Waals surface area (Å²) in [5.41, 5.74) is 2.38. The summed E-state index contributed by atoms with van der Waals surface area (Å²) in [5.74, 6) is 0.767. The maximum absolute atomic E-state index is 11.9. The molecule has 19 heavy (non-hydrogen) atoms. The molecular weight excluding hydrogens is 258 g/mol. The van der Waals surface area contributed by atoms with Crippen LogP contribution in [0.1, 0.15) is 37.8 Å². The summed E-state index contributed by atoms with van der Waals surface area (Å²) in [6, 6.07) is 8.08. The van der Waals surface area contributed by atoms with Crippen LogP contribution in [0, 0.1) is 12.3 Å². The molecule has 0 unspecified atom stereocenters. The second-order valence-electron chi connectivity index (χ2n) is 5.90. The average Bonchev–Trinajstić information content (AvgIpc) is 2.37. The second-order valence-corrected chi connectivity index (χ2v) is 6.27. The molecule has 106 valence electrons. The largest absolute Gasteiger partial charge is 0.355 e. The zero-order valence-corrected chi connectivity index (χ0v) is 12.9. The maximum Gasteiger partial charge on any atom is 0.224 e. The number of hydrogen-bond acceptors (Lipinski definition) is 1. The van der Waals surface area contributed by atoms with E-state index < -0.39 is 0 Å². The molecule has 0 aliphatic heterocycles. The van der Waals surface area contributed by atoms with E-state index in [4.69, 9.17) is 11.6 Å². The van der Waals surface area contributed by atoms with Gasteiger partial charge in [0.25, 0.3) is 0 Å². The summed E-state index contributed by atoms with van der Waals surface area (Å²) in [4.78, 5) is 11.9. The quantitative estimate of drug-likeness (QED) is 0.759. The van der Waals surface area contributed by atoms with E-state index in [1.807, 2.05) is 31.2 Å². The molecule has 0 heterocycles.